The van der Waals surface area contributed by atoms with Crippen molar-refractivity contribution in [2.24, 2.45) is 0 Å². The number of amides is 1. The molecule has 0 aliphatic carbocycles. The Balaban J connectivity index is 1.73. The van der Waals surface area contributed by atoms with Gasteiger partial charge in [0.25, 0.3) is 5.91 Å². The van der Waals surface area contributed by atoms with Gasteiger partial charge in [-0.25, -0.2) is 4.39 Å². The van der Waals surface area contributed by atoms with Crippen molar-refractivity contribution < 1.29 is 14.3 Å². The quantitative estimate of drug-likeness (QED) is 0.761. The Bertz CT molecular complexity index is 896. The largest absolute Gasteiger partial charge is 0.387 e. The zero-order valence-electron chi connectivity index (χ0n) is 12.5. The Morgan fingerprint density at radius 2 is 2.04 bits per heavy atom. The number of nitrogens with zero attached hydrogens (tertiary/aromatic N) is 1. The van der Waals surface area contributed by atoms with Crippen molar-refractivity contribution in [1.82, 2.24) is 10.3 Å². The highest BCUT2D eigenvalue weighted by Crippen LogP contribution is 2.20. The first-order chi connectivity index (χ1) is 11.6. The average molecular weight is 345 g/mol. The molecule has 4 nitrogen and oxygen atoms in total. The monoisotopic (exact) mass is 344 g/mol. The number of fused-ring (bicyclic) bond motifs is 1. The lowest BCUT2D eigenvalue weighted by Crippen LogP contribution is -2.28. The zero-order valence-corrected chi connectivity index (χ0v) is 13.3. The van der Waals surface area contributed by atoms with Gasteiger partial charge in [0, 0.05) is 18.1 Å². The van der Waals surface area contributed by atoms with E-state index in [2.05, 4.69) is 10.3 Å². The number of aliphatic hydroxyl groups excluding tert-OH is 1. The fourth-order valence-electron chi connectivity index (χ4n) is 2.42. The van der Waals surface area contributed by atoms with E-state index in [4.69, 9.17) is 11.6 Å². The number of carbonyl (C=O) groups is 1. The van der Waals surface area contributed by atoms with Crippen LogP contribution in [0, 0.1) is 5.82 Å². The predicted molar refractivity (Wildman–Crippen MR) is 90.4 cm³/mol. The van der Waals surface area contributed by atoms with Crippen molar-refractivity contribution in [3.8, 4) is 0 Å². The third-order valence-electron chi connectivity index (χ3n) is 3.68. The third kappa shape index (κ3) is 3.37. The summed E-state index contributed by atoms with van der Waals surface area (Å²) in [5.41, 5.74) is 1.53. The molecule has 3 aromatic rings. The molecule has 24 heavy (non-hydrogen) atoms. The molecule has 1 amide bonds. The molecule has 0 spiro atoms. The first kappa shape index (κ1) is 16.4. The molecule has 0 aliphatic heterocycles. The molecule has 0 saturated carbocycles. The van der Waals surface area contributed by atoms with Crippen molar-refractivity contribution in [2.75, 3.05) is 6.54 Å². The van der Waals surface area contributed by atoms with Crippen molar-refractivity contribution in [3.63, 3.8) is 0 Å². The number of para-hydroxylation sites is 1. The highest BCUT2D eigenvalue weighted by atomic mass is 35.5. The molecule has 1 aromatic heterocycles. The van der Waals surface area contributed by atoms with Crippen LogP contribution in [0.1, 0.15) is 22.0 Å². The maximum absolute atomic E-state index is 13.4. The van der Waals surface area contributed by atoms with Crippen LogP contribution >= 0.6 is 11.6 Å². The highest BCUT2D eigenvalue weighted by molar-refractivity contribution is 6.30. The fraction of sp³-hybridized carbons (Fsp3) is 0.111. The molecule has 0 saturated heterocycles. The van der Waals surface area contributed by atoms with E-state index in [1.54, 1.807) is 12.3 Å². The van der Waals surface area contributed by atoms with Crippen LogP contribution in [-0.2, 0) is 0 Å². The second-order valence-corrected chi connectivity index (χ2v) is 5.68. The standard InChI is InChI=1S/C18H14ClFN2O2/c19-14-6-5-11(9-15(14)20)17(23)10-22-18(24)13-7-8-21-16-4-2-1-3-12(13)16/h1-9,17,23H,10H2,(H,22,24). The summed E-state index contributed by atoms with van der Waals surface area (Å²) in [6, 6.07) is 13.0. The summed E-state index contributed by atoms with van der Waals surface area (Å²) in [5.74, 6) is -0.943. The van der Waals surface area contributed by atoms with Gasteiger partial charge in [-0.2, -0.15) is 0 Å². The molecule has 0 bridgehead atoms. The van der Waals surface area contributed by atoms with Gasteiger partial charge in [-0.05, 0) is 29.8 Å². The van der Waals surface area contributed by atoms with E-state index in [9.17, 15) is 14.3 Å². The van der Waals surface area contributed by atoms with Crippen LogP contribution in [0.2, 0.25) is 5.02 Å². The third-order valence-corrected chi connectivity index (χ3v) is 3.98. The molecular weight excluding hydrogens is 331 g/mol. The minimum absolute atomic E-state index is 0.0155. The molecule has 0 aliphatic rings. The smallest absolute Gasteiger partial charge is 0.252 e. The van der Waals surface area contributed by atoms with E-state index < -0.39 is 11.9 Å². The summed E-state index contributed by atoms with van der Waals surface area (Å²) >= 11 is 5.62. The lowest BCUT2D eigenvalue weighted by molar-refractivity contribution is 0.0918. The molecule has 3 rings (SSSR count). The normalized spacial score (nSPS) is 12.1. The first-order valence-electron chi connectivity index (χ1n) is 7.31. The van der Waals surface area contributed by atoms with Crippen LogP contribution in [0.25, 0.3) is 10.9 Å². The summed E-state index contributed by atoms with van der Waals surface area (Å²) in [5, 5.41) is 13.5. The minimum atomic E-state index is -1.03. The van der Waals surface area contributed by atoms with Gasteiger partial charge in [0.15, 0.2) is 0 Å². The topological polar surface area (TPSA) is 62.2 Å². The van der Waals surface area contributed by atoms with Crippen LogP contribution in [0.15, 0.2) is 54.7 Å². The van der Waals surface area contributed by atoms with E-state index in [1.807, 2.05) is 24.3 Å². The van der Waals surface area contributed by atoms with Gasteiger partial charge in [-0.15, -0.1) is 0 Å². The molecule has 1 unspecified atom stereocenters. The number of hydrogen-bond acceptors (Lipinski definition) is 3. The summed E-state index contributed by atoms with van der Waals surface area (Å²) in [6.45, 7) is -0.0451. The maximum atomic E-state index is 13.4. The van der Waals surface area contributed by atoms with Gasteiger partial charge in [-0.1, -0.05) is 35.9 Å². The first-order valence-corrected chi connectivity index (χ1v) is 7.69. The van der Waals surface area contributed by atoms with Crippen LogP contribution in [0.5, 0.6) is 0 Å². The van der Waals surface area contributed by atoms with Crippen LogP contribution < -0.4 is 5.32 Å². The van der Waals surface area contributed by atoms with Gasteiger partial charge in [-0.3, -0.25) is 9.78 Å². The molecule has 122 valence electrons. The zero-order chi connectivity index (χ0) is 17.1. The molecule has 1 heterocycles. The number of carbonyl (C=O) groups excluding carboxylic acids is 1. The number of hydrogen-bond donors (Lipinski definition) is 2. The molecule has 0 radical (unpaired) electrons. The summed E-state index contributed by atoms with van der Waals surface area (Å²) in [6.07, 6.45) is 0.524. The van der Waals surface area contributed by atoms with Gasteiger partial charge in [0.2, 0.25) is 0 Å². The summed E-state index contributed by atoms with van der Waals surface area (Å²) in [4.78, 5) is 16.6. The van der Waals surface area contributed by atoms with E-state index in [0.717, 1.165) is 11.5 Å². The molecular formula is C18H14ClFN2O2. The van der Waals surface area contributed by atoms with Gasteiger partial charge < -0.3 is 10.4 Å². The Morgan fingerprint density at radius 1 is 1.25 bits per heavy atom. The van der Waals surface area contributed by atoms with Crippen LogP contribution in [0.3, 0.4) is 0 Å². The maximum Gasteiger partial charge on any atom is 0.252 e. The molecule has 0 fully saturated rings. The Morgan fingerprint density at radius 3 is 2.83 bits per heavy atom. The SMILES string of the molecule is O=C(NCC(O)c1ccc(Cl)c(F)c1)c1ccnc2ccccc12. The minimum Gasteiger partial charge on any atom is -0.387 e. The summed E-state index contributed by atoms with van der Waals surface area (Å²) < 4.78 is 13.4. The number of rotatable bonds is 4. The number of nitrogens with one attached hydrogen (secondary N) is 1. The van der Waals surface area contributed by atoms with Gasteiger partial charge in [0.05, 0.1) is 22.2 Å². The second kappa shape index (κ2) is 6.95. The van der Waals surface area contributed by atoms with E-state index in [0.29, 0.717) is 16.6 Å². The van der Waals surface area contributed by atoms with E-state index >= 15 is 0 Å². The van der Waals surface area contributed by atoms with Crippen LogP contribution in [0.4, 0.5) is 4.39 Å². The highest BCUT2D eigenvalue weighted by Gasteiger charge is 2.14. The number of aliphatic hydroxyl groups is 1. The predicted octanol–water partition coefficient (Wildman–Crippen LogP) is 3.49. The molecule has 6 heteroatoms. The van der Waals surface area contributed by atoms with E-state index in [1.165, 1.54) is 12.1 Å². The van der Waals surface area contributed by atoms with Crippen molar-refractivity contribution in [2.45, 2.75) is 6.10 Å². The van der Waals surface area contributed by atoms with Crippen LogP contribution in [-0.4, -0.2) is 22.5 Å². The molecule has 1 atom stereocenters. The number of benzene rings is 2. The van der Waals surface area contributed by atoms with E-state index in [-0.39, 0.29) is 17.5 Å². The number of pyridine rings is 1. The number of aromatic nitrogens is 1. The van der Waals surface area contributed by atoms with Gasteiger partial charge >= 0.3 is 0 Å². The lowest BCUT2D eigenvalue weighted by atomic mass is 10.1. The molecule has 2 N–H and O–H groups in total. The fourth-order valence-corrected chi connectivity index (χ4v) is 2.53. The lowest BCUT2D eigenvalue weighted by Gasteiger charge is -2.13. The number of halogens is 2. The molecule has 2 aromatic carbocycles. The second-order valence-electron chi connectivity index (χ2n) is 5.28. The average Bonchev–Trinajstić information content (AvgIpc) is 2.61. The van der Waals surface area contributed by atoms with Crippen molar-refractivity contribution >= 4 is 28.4 Å². The van der Waals surface area contributed by atoms with Gasteiger partial charge in [0.1, 0.15) is 5.82 Å². The summed E-state index contributed by atoms with van der Waals surface area (Å²) in [7, 11) is 0. The Labute approximate surface area is 142 Å². The Hall–Kier alpha value is -2.50. The van der Waals surface area contributed by atoms with Crippen molar-refractivity contribution in [3.05, 3.63) is 76.7 Å². The van der Waals surface area contributed by atoms with Crippen molar-refractivity contribution in [1.29, 1.82) is 0 Å². The Kier molecular flexibility index (Phi) is 4.74.